The zero-order chi connectivity index (χ0) is 15.5. The Bertz CT molecular complexity index is 510. The van der Waals surface area contributed by atoms with Crippen LogP contribution >= 0.6 is 11.6 Å². The third kappa shape index (κ3) is 4.19. The monoisotopic (exact) mass is 309 g/mol. The summed E-state index contributed by atoms with van der Waals surface area (Å²) in [5.41, 5.74) is 1.91. The summed E-state index contributed by atoms with van der Waals surface area (Å²) >= 11 is 6.07. The molecule has 1 fully saturated rings. The van der Waals surface area contributed by atoms with Gasteiger partial charge in [-0.1, -0.05) is 17.7 Å². The zero-order valence-electron chi connectivity index (χ0n) is 13.0. The molecule has 0 saturated carbocycles. The Balaban J connectivity index is 1.87. The summed E-state index contributed by atoms with van der Waals surface area (Å²) in [5, 5.41) is 6.99. The Morgan fingerprint density at radius 2 is 2.05 bits per heavy atom. The number of nitrogens with one attached hydrogen (secondary N) is 2. The minimum absolute atomic E-state index is 0.0217. The first-order valence-electron chi connectivity index (χ1n) is 7.40. The number of anilines is 1. The fraction of sp³-hybridized carbons (Fsp3) is 0.562. The van der Waals surface area contributed by atoms with Crippen molar-refractivity contribution in [2.45, 2.75) is 32.2 Å². The normalized spacial score (nSPS) is 18.5. The van der Waals surface area contributed by atoms with Crippen LogP contribution in [-0.4, -0.2) is 43.0 Å². The van der Waals surface area contributed by atoms with Gasteiger partial charge < -0.3 is 10.6 Å². The number of benzene rings is 1. The first-order chi connectivity index (χ1) is 9.93. The molecule has 2 rings (SSSR count). The molecule has 0 unspecified atom stereocenters. The molecule has 1 aromatic rings. The Morgan fingerprint density at radius 3 is 2.67 bits per heavy atom. The maximum atomic E-state index is 12.2. The van der Waals surface area contributed by atoms with E-state index >= 15 is 0 Å². The van der Waals surface area contributed by atoms with E-state index < -0.39 is 0 Å². The molecule has 1 aromatic carbocycles. The molecule has 1 amide bonds. The van der Waals surface area contributed by atoms with Crippen LogP contribution in [0, 0.1) is 6.92 Å². The van der Waals surface area contributed by atoms with Crippen LogP contribution in [0.3, 0.4) is 0 Å². The molecule has 1 aliphatic heterocycles. The van der Waals surface area contributed by atoms with E-state index in [1.165, 1.54) is 0 Å². The van der Waals surface area contributed by atoms with Crippen LogP contribution < -0.4 is 10.6 Å². The van der Waals surface area contributed by atoms with E-state index in [9.17, 15) is 4.79 Å². The predicted octanol–water partition coefficient (Wildman–Crippen LogP) is 2.66. The fourth-order valence-electron chi connectivity index (χ4n) is 2.59. The Labute approximate surface area is 131 Å². The largest absolute Gasteiger partial charge is 0.325 e. The van der Waals surface area contributed by atoms with Gasteiger partial charge in [-0.15, -0.1) is 0 Å². The molecule has 5 heteroatoms. The van der Waals surface area contributed by atoms with E-state index in [1.54, 1.807) is 0 Å². The van der Waals surface area contributed by atoms with Gasteiger partial charge in [0.05, 0.1) is 6.54 Å². The first-order valence-corrected chi connectivity index (χ1v) is 7.77. The topological polar surface area (TPSA) is 44.4 Å². The number of hydrogen-bond acceptors (Lipinski definition) is 3. The van der Waals surface area contributed by atoms with Crippen molar-refractivity contribution in [3.8, 4) is 0 Å². The highest BCUT2D eigenvalue weighted by Gasteiger charge is 2.28. The maximum absolute atomic E-state index is 12.2. The molecule has 1 heterocycles. The Hall–Kier alpha value is -1.10. The van der Waals surface area contributed by atoms with Gasteiger partial charge in [0, 0.05) is 29.3 Å². The predicted molar refractivity (Wildman–Crippen MR) is 88.0 cm³/mol. The summed E-state index contributed by atoms with van der Waals surface area (Å²) < 4.78 is 0. The molecular formula is C16H24ClN3O. The molecule has 0 aromatic heterocycles. The lowest BCUT2D eigenvalue weighted by Gasteiger charge is -2.39. The smallest absolute Gasteiger partial charge is 0.238 e. The number of halogens is 1. The maximum Gasteiger partial charge on any atom is 0.238 e. The summed E-state index contributed by atoms with van der Waals surface area (Å²) in [6, 6.07) is 5.56. The summed E-state index contributed by atoms with van der Waals surface area (Å²) in [6.07, 6.45) is 2.12. The molecule has 4 nitrogen and oxygen atoms in total. The lowest BCUT2D eigenvalue weighted by atomic mass is 9.90. The minimum atomic E-state index is 0.0217. The average molecular weight is 310 g/mol. The van der Waals surface area contributed by atoms with E-state index in [-0.39, 0.29) is 11.4 Å². The quantitative estimate of drug-likeness (QED) is 0.899. The molecule has 0 aliphatic carbocycles. The van der Waals surface area contributed by atoms with Crippen molar-refractivity contribution in [1.29, 1.82) is 0 Å². The van der Waals surface area contributed by atoms with Gasteiger partial charge in [0.2, 0.25) is 5.91 Å². The van der Waals surface area contributed by atoms with Gasteiger partial charge >= 0.3 is 0 Å². The number of carbonyl (C=O) groups is 1. The average Bonchev–Trinajstić information content (AvgIpc) is 2.47. The third-order valence-corrected chi connectivity index (χ3v) is 4.88. The molecule has 21 heavy (non-hydrogen) atoms. The van der Waals surface area contributed by atoms with Crippen molar-refractivity contribution in [2.75, 3.05) is 32.0 Å². The summed E-state index contributed by atoms with van der Waals surface area (Å²) in [5.74, 6) is 0.0217. The molecule has 0 radical (unpaired) electrons. The Kier molecular flexibility index (Phi) is 5.25. The second-order valence-corrected chi connectivity index (χ2v) is 6.45. The molecule has 1 saturated heterocycles. The minimum Gasteiger partial charge on any atom is -0.325 e. The number of carbonyl (C=O) groups excluding carboxylic acids is 1. The molecule has 0 spiro atoms. The van der Waals surface area contributed by atoms with Crippen LogP contribution in [0.5, 0.6) is 0 Å². The fourth-order valence-corrected chi connectivity index (χ4v) is 2.76. The highest BCUT2D eigenvalue weighted by molar-refractivity contribution is 6.31. The zero-order valence-corrected chi connectivity index (χ0v) is 13.8. The SMILES string of the molecule is CNC1(C)CCN(CC(=O)Nc2cccc(Cl)c2C)CC1. The number of hydrogen-bond donors (Lipinski definition) is 2. The molecule has 0 bridgehead atoms. The first kappa shape index (κ1) is 16.3. The summed E-state index contributed by atoms with van der Waals surface area (Å²) in [6.45, 7) is 6.47. The highest BCUT2D eigenvalue weighted by Crippen LogP contribution is 2.23. The second-order valence-electron chi connectivity index (χ2n) is 6.05. The highest BCUT2D eigenvalue weighted by atomic mass is 35.5. The lowest BCUT2D eigenvalue weighted by molar-refractivity contribution is -0.117. The molecule has 1 aliphatic rings. The van der Waals surface area contributed by atoms with Gasteiger partial charge in [0.1, 0.15) is 0 Å². The molecular weight excluding hydrogens is 286 g/mol. The van der Waals surface area contributed by atoms with Crippen molar-refractivity contribution >= 4 is 23.2 Å². The second kappa shape index (κ2) is 6.77. The summed E-state index contributed by atoms with van der Waals surface area (Å²) in [4.78, 5) is 14.4. The number of likely N-dealkylation sites (tertiary alicyclic amines) is 1. The number of amides is 1. The van der Waals surface area contributed by atoms with Gasteiger partial charge in [-0.3, -0.25) is 9.69 Å². The van der Waals surface area contributed by atoms with E-state index in [0.717, 1.165) is 37.2 Å². The van der Waals surface area contributed by atoms with Crippen molar-refractivity contribution in [3.05, 3.63) is 28.8 Å². The third-order valence-electron chi connectivity index (χ3n) is 4.47. The lowest BCUT2D eigenvalue weighted by Crippen LogP contribution is -2.51. The van der Waals surface area contributed by atoms with E-state index in [1.807, 2.05) is 32.2 Å². The van der Waals surface area contributed by atoms with Crippen molar-refractivity contribution < 1.29 is 4.79 Å². The molecule has 0 atom stereocenters. The van der Waals surface area contributed by atoms with Crippen molar-refractivity contribution in [2.24, 2.45) is 0 Å². The van der Waals surface area contributed by atoms with E-state index in [4.69, 9.17) is 11.6 Å². The standard InChI is InChI=1S/C16H24ClN3O/c1-12-13(17)5-4-6-14(12)19-15(21)11-20-9-7-16(2,18-3)8-10-20/h4-6,18H,7-11H2,1-3H3,(H,19,21). The van der Waals surface area contributed by atoms with Crippen LogP contribution in [0.15, 0.2) is 18.2 Å². The Morgan fingerprint density at radius 1 is 1.38 bits per heavy atom. The molecule has 2 N–H and O–H groups in total. The van der Waals surface area contributed by atoms with Gasteiger partial charge in [-0.2, -0.15) is 0 Å². The molecule has 116 valence electrons. The van der Waals surface area contributed by atoms with Crippen LogP contribution in [0.2, 0.25) is 5.02 Å². The summed E-state index contributed by atoms with van der Waals surface area (Å²) in [7, 11) is 2.00. The van der Waals surface area contributed by atoms with Crippen LogP contribution in [0.1, 0.15) is 25.3 Å². The van der Waals surface area contributed by atoms with Crippen molar-refractivity contribution in [1.82, 2.24) is 10.2 Å². The van der Waals surface area contributed by atoms with Gasteiger partial charge in [-0.05, 0) is 51.4 Å². The van der Waals surface area contributed by atoms with Gasteiger partial charge in [-0.25, -0.2) is 0 Å². The van der Waals surface area contributed by atoms with E-state index in [0.29, 0.717) is 11.6 Å². The van der Waals surface area contributed by atoms with Crippen LogP contribution in [0.4, 0.5) is 5.69 Å². The van der Waals surface area contributed by atoms with Gasteiger partial charge in [0.15, 0.2) is 0 Å². The number of piperidine rings is 1. The van der Waals surface area contributed by atoms with Crippen LogP contribution in [0.25, 0.3) is 0 Å². The van der Waals surface area contributed by atoms with Gasteiger partial charge in [0.25, 0.3) is 0 Å². The van der Waals surface area contributed by atoms with Crippen molar-refractivity contribution in [3.63, 3.8) is 0 Å². The van der Waals surface area contributed by atoms with E-state index in [2.05, 4.69) is 22.5 Å². The number of nitrogens with zero attached hydrogens (tertiary/aromatic N) is 1. The number of rotatable bonds is 4. The van der Waals surface area contributed by atoms with Crippen LogP contribution in [-0.2, 0) is 4.79 Å².